The number of pyridine rings is 1. The molecule has 1 aromatic carbocycles. The van der Waals surface area contributed by atoms with Gasteiger partial charge in [0.15, 0.2) is 5.65 Å². The molecule has 0 aliphatic carbocycles. The van der Waals surface area contributed by atoms with Crippen molar-refractivity contribution in [1.29, 1.82) is 0 Å². The zero-order chi connectivity index (χ0) is 16.4. The van der Waals surface area contributed by atoms with Crippen molar-refractivity contribution in [2.24, 2.45) is 0 Å². The minimum Gasteiger partial charge on any atom is -0.366 e. The summed E-state index contributed by atoms with van der Waals surface area (Å²) < 4.78 is 20.0. The Morgan fingerprint density at radius 3 is 2.88 bits per heavy atom. The second-order valence-electron chi connectivity index (χ2n) is 6.10. The second kappa shape index (κ2) is 6.67. The summed E-state index contributed by atoms with van der Waals surface area (Å²) in [6.45, 7) is 2.01. The molecule has 124 valence electrons. The molecule has 2 aromatic heterocycles. The topological polar surface area (TPSA) is 54.0 Å². The van der Waals surface area contributed by atoms with Gasteiger partial charge in [0.05, 0.1) is 5.52 Å². The Hall–Kier alpha value is -2.31. The van der Waals surface area contributed by atoms with E-state index in [1.54, 1.807) is 6.20 Å². The maximum Gasteiger partial charge on any atom is 0.177 e. The van der Waals surface area contributed by atoms with Crippen molar-refractivity contribution in [1.82, 2.24) is 19.9 Å². The summed E-state index contributed by atoms with van der Waals surface area (Å²) in [7, 11) is 0. The van der Waals surface area contributed by atoms with Gasteiger partial charge in [0.2, 0.25) is 0 Å². The number of benzene rings is 1. The molecular formula is C18H19FN4O. The number of hydrogen-bond donors (Lipinski definition) is 1. The van der Waals surface area contributed by atoms with E-state index in [4.69, 9.17) is 4.74 Å². The molecule has 2 atom stereocenters. The maximum atomic E-state index is 14.2. The molecule has 1 saturated heterocycles. The molecular weight excluding hydrogens is 307 g/mol. The van der Waals surface area contributed by atoms with Crippen LogP contribution >= 0.6 is 0 Å². The van der Waals surface area contributed by atoms with Gasteiger partial charge in [-0.05, 0) is 17.7 Å². The summed E-state index contributed by atoms with van der Waals surface area (Å²) in [6.07, 6.45) is 0.301. The number of halogens is 1. The van der Waals surface area contributed by atoms with Crippen LogP contribution in [0.3, 0.4) is 0 Å². The number of aromatic nitrogens is 3. The number of nitrogens with zero attached hydrogens (tertiary/aromatic N) is 3. The predicted octanol–water partition coefficient (Wildman–Crippen LogP) is 2.70. The van der Waals surface area contributed by atoms with Gasteiger partial charge in [-0.15, -0.1) is 0 Å². The largest absolute Gasteiger partial charge is 0.366 e. The number of rotatable bonds is 5. The number of aromatic amines is 1. The lowest BCUT2D eigenvalue weighted by molar-refractivity contribution is 0.00863. The molecule has 1 fully saturated rings. The third kappa shape index (κ3) is 3.29. The molecule has 0 saturated carbocycles. The van der Waals surface area contributed by atoms with Crippen LogP contribution in [0.4, 0.5) is 4.39 Å². The third-order valence-electron chi connectivity index (χ3n) is 4.26. The van der Waals surface area contributed by atoms with Crippen LogP contribution in [-0.4, -0.2) is 45.2 Å². The summed E-state index contributed by atoms with van der Waals surface area (Å²) in [5, 5.41) is 0. The van der Waals surface area contributed by atoms with Crippen molar-refractivity contribution < 1.29 is 9.13 Å². The standard InChI is InChI=1S/C18H19FN4O/c19-14-10-23(9-13-5-2-1-3-6-13)11-16(14)24-12-17-21-15-7-4-8-20-18(15)22-17/h1-8,14,16H,9-12H2,(H,20,21,22)/t14-,16+/m1/s1. The maximum absolute atomic E-state index is 14.2. The SMILES string of the molecule is F[C@@H]1CN(Cc2ccccc2)C[C@@H]1OCc1nc2ncccc2[nH]1. The van der Waals surface area contributed by atoms with Crippen LogP contribution in [0.5, 0.6) is 0 Å². The van der Waals surface area contributed by atoms with Crippen molar-refractivity contribution in [3.05, 3.63) is 60.0 Å². The Morgan fingerprint density at radius 2 is 2.04 bits per heavy atom. The lowest BCUT2D eigenvalue weighted by Gasteiger charge is -2.15. The van der Waals surface area contributed by atoms with E-state index < -0.39 is 12.3 Å². The molecule has 3 aromatic rings. The molecule has 1 N–H and O–H groups in total. The van der Waals surface area contributed by atoms with Crippen LogP contribution in [0.2, 0.25) is 0 Å². The number of likely N-dealkylation sites (tertiary alicyclic amines) is 1. The number of ether oxygens (including phenoxy) is 1. The average Bonchev–Trinajstić information content (AvgIpc) is 3.16. The predicted molar refractivity (Wildman–Crippen MR) is 89.1 cm³/mol. The van der Waals surface area contributed by atoms with Crippen LogP contribution in [0, 0.1) is 0 Å². The quantitative estimate of drug-likeness (QED) is 0.783. The lowest BCUT2D eigenvalue weighted by atomic mass is 10.2. The Balaban J connectivity index is 1.35. The number of hydrogen-bond acceptors (Lipinski definition) is 4. The fraction of sp³-hybridized carbons (Fsp3) is 0.333. The van der Waals surface area contributed by atoms with E-state index >= 15 is 0 Å². The summed E-state index contributed by atoms with van der Waals surface area (Å²) in [5.74, 6) is 0.678. The van der Waals surface area contributed by atoms with Crippen LogP contribution in [0.1, 0.15) is 11.4 Å². The normalized spacial score (nSPS) is 21.5. The van der Waals surface area contributed by atoms with Gasteiger partial charge < -0.3 is 9.72 Å². The highest BCUT2D eigenvalue weighted by molar-refractivity contribution is 5.69. The van der Waals surface area contributed by atoms with Gasteiger partial charge in [-0.3, -0.25) is 4.90 Å². The van der Waals surface area contributed by atoms with Crippen molar-refractivity contribution in [3.8, 4) is 0 Å². The zero-order valence-corrected chi connectivity index (χ0v) is 13.2. The molecule has 5 nitrogen and oxygen atoms in total. The molecule has 4 rings (SSSR count). The van der Waals surface area contributed by atoms with Gasteiger partial charge in [-0.2, -0.15) is 0 Å². The highest BCUT2D eigenvalue weighted by atomic mass is 19.1. The van der Waals surface area contributed by atoms with E-state index in [2.05, 4.69) is 32.0 Å². The van der Waals surface area contributed by atoms with E-state index in [9.17, 15) is 4.39 Å². The van der Waals surface area contributed by atoms with Crippen LogP contribution in [0.25, 0.3) is 11.2 Å². The van der Waals surface area contributed by atoms with Gasteiger partial charge in [0.25, 0.3) is 0 Å². The van der Waals surface area contributed by atoms with Crippen LogP contribution in [0.15, 0.2) is 48.7 Å². The van der Waals surface area contributed by atoms with Gasteiger partial charge >= 0.3 is 0 Å². The minimum atomic E-state index is -0.976. The first-order chi connectivity index (χ1) is 11.8. The molecule has 0 unspecified atom stereocenters. The first-order valence-electron chi connectivity index (χ1n) is 8.09. The Kier molecular flexibility index (Phi) is 4.23. The molecule has 3 heterocycles. The second-order valence-corrected chi connectivity index (χ2v) is 6.10. The van der Waals surface area contributed by atoms with Gasteiger partial charge in [0.1, 0.15) is 24.7 Å². The van der Waals surface area contributed by atoms with Gasteiger partial charge in [-0.25, -0.2) is 14.4 Å². The highest BCUT2D eigenvalue weighted by Gasteiger charge is 2.33. The average molecular weight is 326 g/mol. The smallest absolute Gasteiger partial charge is 0.177 e. The van der Waals surface area contributed by atoms with E-state index in [-0.39, 0.29) is 6.61 Å². The van der Waals surface area contributed by atoms with Crippen molar-refractivity contribution >= 4 is 11.2 Å². The molecule has 1 aliphatic heterocycles. The fourth-order valence-corrected chi connectivity index (χ4v) is 3.08. The summed E-state index contributed by atoms with van der Waals surface area (Å²) in [6, 6.07) is 13.9. The fourth-order valence-electron chi connectivity index (χ4n) is 3.08. The Bertz CT molecular complexity index is 774. The van der Waals surface area contributed by atoms with Crippen molar-refractivity contribution in [2.45, 2.75) is 25.4 Å². The Morgan fingerprint density at radius 1 is 1.17 bits per heavy atom. The van der Waals surface area contributed by atoms with Gasteiger partial charge in [0, 0.05) is 25.8 Å². The lowest BCUT2D eigenvalue weighted by Crippen LogP contribution is -2.24. The molecule has 0 amide bonds. The summed E-state index contributed by atoms with van der Waals surface area (Å²) in [4.78, 5) is 13.8. The van der Waals surface area contributed by atoms with E-state index in [0.29, 0.717) is 24.6 Å². The summed E-state index contributed by atoms with van der Waals surface area (Å²) >= 11 is 0. The molecule has 1 aliphatic rings. The van der Waals surface area contributed by atoms with Crippen molar-refractivity contribution in [3.63, 3.8) is 0 Å². The van der Waals surface area contributed by atoms with E-state index in [1.807, 2.05) is 30.3 Å². The molecule has 0 radical (unpaired) electrons. The van der Waals surface area contributed by atoms with Crippen molar-refractivity contribution in [2.75, 3.05) is 13.1 Å². The number of nitrogens with one attached hydrogen (secondary N) is 1. The molecule has 0 bridgehead atoms. The van der Waals surface area contributed by atoms with Crippen LogP contribution in [-0.2, 0) is 17.9 Å². The number of alkyl halides is 1. The number of imidazole rings is 1. The third-order valence-corrected chi connectivity index (χ3v) is 4.26. The van der Waals surface area contributed by atoms with E-state index in [1.165, 1.54) is 5.56 Å². The minimum absolute atomic E-state index is 0.265. The highest BCUT2D eigenvalue weighted by Crippen LogP contribution is 2.20. The first kappa shape index (κ1) is 15.2. The van der Waals surface area contributed by atoms with Gasteiger partial charge in [-0.1, -0.05) is 30.3 Å². The Labute approximate surface area is 139 Å². The summed E-state index contributed by atoms with van der Waals surface area (Å²) in [5.41, 5.74) is 2.71. The van der Waals surface area contributed by atoms with E-state index in [0.717, 1.165) is 12.1 Å². The molecule has 24 heavy (non-hydrogen) atoms. The van der Waals surface area contributed by atoms with Crippen LogP contribution < -0.4 is 0 Å². The molecule has 0 spiro atoms. The first-order valence-corrected chi connectivity index (χ1v) is 8.09. The number of H-pyrrole nitrogens is 1. The number of fused-ring (bicyclic) bond motifs is 1. The monoisotopic (exact) mass is 326 g/mol. The zero-order valence-electron chi connectivity index (χ0n) is 13.2. The molecule has 6 heteroatoms.